The van der Waals surface area contributed by atoms with Crippen LogP contribution in [0.25, 0.3) is 0 Å². The van der Waals surface area contributed by atoms with Crippen molar-refractivity contribution in [1.29, 1.82) is 0 Å². The molecule has 0 radical (unpaired) electrons. The summed E-state index contributed by atoms with van der Waals surface area (Å²) >= 11 is 0. The molecule has 0 spiro atoms. The number of amides is 1. The summed E-state index contributed by atoms with van der Waals surface area (Å²) in [7, 11) is 0. The molecule has 0 unspecified atom stereocenters. The number of hydrogen-bond donors (Lipinski definition) is 1. The first-order valence-corrected chi connectivity index (χ1v) is 6.77. The molecule has 20 heavy (non-hydrogen) atoms. The zero-order chi connectivity index (χ0) is 15.5. The Balaban J connectivity index is 2.75. The van der Waals surface area contributed by atoms with Crippen molar-refractivity contribution in [2.75, 3.05) is 13.1 Å². The lowest BCUT2D eigenvalue weighted by Crippen LogP contribution is -2.34. The normalized spacial score (nSPS) is 23.4. The smallest absolute Gasteiger partial charge is 0.394 e. The van der Waals surface area contributed by atoms with Gasteiger partial charge < -0.3 is 10.0 Å². The van der Waals surface area contributed by atoms with E-state index in [0.717, 1.165) is 17.7 Å². The summed E-state index contributed by atoms with van der Waals surface area (Å²) in [6.07, 6.45) is -2.85. The van der Waals surface area contributed by atoms with Gasteiger partial charge in [0.1, 0.15) is 0 Å². The van der Waals surface area contributed by atoms with E-state index in [1.807, 2.05) is 13.8 Å². The fourth-order valence-corrected chi connectivity index (χ4v) is 2.54. The Bertz CT molecular complexity index is 366. The first-order valence-electron chi connectivity index (χ1n) is 6.77. The highest BCUT2D eigenvalue weighted by Crippen LogP contribution is 2.38. The molecule has 7 heteroatoms. The van der Waals surface area contributed by atoms with Crippen molar-refractivity contribution >= 4 is 11.9 Å². The number of likely N-dealkylation sites (tertiary alicyclic amines) is 1. The quantitative estimate of drug-likeness (QED) is 0.848. The number of halogens is 3. The molecule has 0 bridgehead atoms. The zero-order valence-corrected chi connectivity index (χ0v) is 11.6. The Kier molecular flexibility index (Phi) is 5.42. The monoisotopic (exact) mass is 295 g/mol. The third-order valence-electron chi connectivity index (χ3n) is 4.03. The van der Waals surface area contributed by atoms with Crippen LogP contribution in [-0.2, 0) is 9.59 Å². The van der Waals surface area contributed by atoms with Crippen molar-refractivity contribution in [3.63, 3.8) is 0 Å². The molecule has 1 saturated heterocycles. The van der Waals surface area contributed by atoms with E-state index in [1.54, 1.807) is 0 Å². The van der Waals surface area contributed by atoms with Gasteiger partial charge in [0.05, 0.1) is 11.8 Å². The summed E-state index contributed by atoms with van der Waals surface area (Å²) in [6.45, 7) is 2.95. The number of carbonyl (C=O) groups is 2. The van der Waals surface area contributed by atoms with Crippen molar-refractivity contribution in [2.24, 2.45) is 17.8 Å². The lowest BCUT2D eigenvalue weighted by Gasteiger charge is -2.20. The predicted molar refractivity (Wildman–Crippen MR) is 65.9 cm³/mol. The molecule has 1 aliphatic heterocycles. The van der Waals surface area contributed by atoms with Gasteiger partial charge in [-0.25, -0.2) is 0 Å². The summed E-state index contributed by atoms with van der Waals surface area (Å²) in [4.78, 5) is 24.0. The molecular formula is C13H20F3NO3. The van der Waals surface area contributed by atoms with Gasteiger partial charge in [-0.15, -0.1) is 0 Å². The van der Waals surface area contributed by atoms with Crippen LogP contribution in [-0.4, -0.2) is 41.1 Å². The van der Waals surface area contributed by atoms with Crippen LogP contribution in [0.15, 0.2) is 0 Å². The number of nitrogens with zero attached hydrogens (tertiary/aromatic N) is 1. The molecule has 0 aliphatic carbocycles. The van der Waals surface area contributed by atoms with Gasteiger partial charge in [-0.2, -0.15) is 13.2 Å². The molecule has 0 aromatic carbocycles. The van der Waals surface area contributed by atoms with Crippen LogP contribution in [0.2, 0.25) is 0 Å². The highest BCUT2D eigenvalue weighted by atomic mass is 19.4. The molecule has 2 atom stereocenters. The second kappa shape index (κ2) is 6.45. The van der Waals surface area contributed by atoms with Crippen molar-refractivity contribution in [2.45, 2.75) is 39.3 Å². The first-order chi connectivity index (χ1) is 9.20. The third kappa shape index (κ3) is 3.86. The highest BCUT2D eigenvalue weighted by Gasteiger charge is 2.53. The minimum Gasteiger partial charge on any atom is -0.481 e. The molecule has 1 rings (SSSR count). The zero-order valence-electron chi connectivity index (χ0n) is 11.6. The van der Waals surface area contributed by atoms with Gasteiger partial charge in [0.25, 0.3) is 0 Å². The summed E-state index contributed by atoms with van der Waals surface area (Å²) in [5.41, 5.74) is 0. The largest absolute Gasteiger partial charge is 0.481 e. The number of alkyl halides is 3. The Morgan fingerprint density at radius 1 is 1.25 bits per heavy atom. The van der Waals surface area contributed by atoms with Gasteiger partial charge in [0.15, 0.2) is 0 Å². The second-order valence-electron chi connectivity index (χ2n) is 5.28. The highest BCUT2D eigenvalue weighted by molar-refractivity contribution is 5.79. The Hall–Kier alpha value is -1.27. The lowest BCUT2D eigenvalue weighted by molar-refractivity contribution is -0.188. The van der Waals surface area contributed by atoms with E-state index in [2.05, 4.69) is 0 Å². The van der Waals surface area contributed by atoms with Crippen molar-refractivity contribution < 1.29 is 27.9 Å². The van der Waals surface area contributed by atoms with E-state index in [9.17, 15) is 22.8 Å². The van der Waals surface area contributed by atoms with E-state index in [4.69, 9.17) is 5.11 Å². The standard InChI is InChI=1S/C13H20F3NO3/c1-3-8(4-2)5-11(18)17-6-9(12(19)20)10(7-17)13(14,15)16/h8-10H,3-7H2,1-2H3,(H,19,20)/t9-,10-/m1/s1. The van der Waals surface area contributed by atoms with E-state index in [-0.39, 0.29) is 24.8 Å². The lowest BCUT2D eigenvalue weighted by atomic mass is 9.96. The molecule has 4 nitrogen and oxygen atoms in total. The maximum atomic E-state index is 12.8. The molecule has 1 amide bonds. The number of carboxylic acids is 1. The summed E-state index contributed by atoms with van der Waals surface area (Å²) in [5, 5.41) is 8.88. The summed E-state index contributed by atoms with van der Waals surface area (Å²) < 4.78 is 38.4. The van der Waals surface area contributed by atoms with E-state index < -0.39 is 30.5 Å². The van der Waals surface area contributed by atoms with Crippen LogP contribution >= 0.6 is 0 Å². The van der Waals surface area contributed by atoms with E-state index >= 15 is 0 Å². The molecule has 0 aromatic rings. The van der Waals surface area contributed by atoms with E-state index in [1.165, 1.54) is 0 Å². The molecular weight excluding hydrogens is 275 g/mol. The van der Waals surface area contributed by atoms with Crippen molar-refractivity contribution in [3.05, 3.63) is 0 Å². The number of aliphatic carboxylic acids is 1. The Labute approximate surface area is 115 Å². The van der Waals surface area contributed by atoms with Gasteiger partial charge in [0, 0.05) is 19.5 Å². The fraction of sp³-hybridized carbons (Fsp3) is 0.846. The molecule has 116 valence electrons. The van der Waals surface area contributed by atoms with Crippen molar-refractivity contribution in [1.82, 2.24) is 4.90 Å². The number of rotatable bonds is 5. The molecule has 0 aromatic heterocycles. The first kappa shape index (κ1) is 16.8. The second-order valence-corrected chi connectivity index (χ2v) is 5.28. The van der Waals surface area contributed by atoms with Crippen LogP contribution in [0.1, 0.15) is 33.1 Å². The molecule has 1 N–H and O–H groups in total. The topological polar surface area (TPSA) is 57.6 Å². The van der Waals surface area contributed by atoms with E-state index in [0.29, 0.717) is 0 Å². The Morgan fingerprint density at radius 3 is 2.15 bits per heavy atom. The van der Waals surface area contributed by atoms with Crippen LogP contribution in [0, 0.1) is 17.8 Å². The maximum absolute atomic E-state index is 12.8. The van der Waals surface area contributed by atoms with Gasteiger partial charge in [-0.05, 0) is 5.92 Å². The molecule has 0 saturated carbocycles. The van der Waals surface area contributed by atoms with Crippen molar-refractivity contribution in [3.8, 4) is 0 Å². The van der Waals surface area contributed by atoms with Crippen LogP contribution in [0.4, 0.5) is 13.2 Å². The average molecular weight is 295 g/mol. The minimum atomic E-state index is -4.59. The third-order valence-corrected chi connectivity index (χ3v) is 4.03. The SMILES string of the molecule is CCC(CC)CC(=O)N1C[C@@H](C(F)(F)F)[C@H](C(=O)O)C1. The number of carbonyl (C=O) groups excluding carboxylic acids is 1. The van der Waals surface area contributed by atoms with Gasteiger partial charge in [0.2, 0.25) is 5.91 Å². The molecule has 1 aliphatic rings. The van der Waals surface area contributed by atoms with Gasteiger partial charge in [-0.3, -0.25) is 9.59 Å². The van der Waals surface area contributed by atoms with Gasteiger partial charge in [-0.1, -0.05) is 26.7 Å². The van der Waals surface area contributed by atoms with Crippen LogP contribution in [0.5, 0.6) is 0 Å². The number of carboxylic acid groups (broad SMARTS) is 1. The summed E-state index contributed by atoms with van der Waals surface area (Å²) in [6, 6.07) is 0. The fourth-order valence-electron chi connectivity index (χ4n) is 2.54. The molecule has 1 heterocycles. The average Bonchev–Trinajstić information content (AvgIpc) is 2.80. The summed E-state index contributed by atoms with van der Waals surface area (Å²) in [5.74, 6) is -5.26. The Morgan fingerprint density at radius 2 is 1.80 bits per heavy atom. The minimum absolute atomic E-state index is 0.135. The maximum Gasteiger partial charge on any atom is 0.394 e. The predicted octanol–water partition coefficient (Wildman–Crippen LogP) is 2.53. The van der Waals surface area contributed by atoms with Crippen LogP contribution in [0.3, 0.4) is 0 Å². The van der Waals surface area contributed by atoms with Crippen LogP contribution < -0.4 is 0 Å². The number of hydrogen-bond acceptors (Lipinski definition) is 2. The molecule has 1 fully saturated rings. The van der Waals surface area contributed by atoms with Gasteiger partial charge >= 0.3 is 12.1 Å².